The Morgan fingerprint density at radius 2 is 0.783 bits per heavy atom. The predicted molar refractivity (Wildman–Crippen MR) is 260 cm³/mol. The highest BCUT2D eigenvalue weighted by molar-refractivity contribution is 5.76. The molecule has 0 fully saturated rings. The van der Waals surface area contributed by atoms with Crippen LogP contribution in [0.2, 0.25) is 0 Å². The van der Waals surface area contributed by atoms with Crippen molar-refractivity contribution in [2.24, 2.45) is 0 Å². The predicted octanol–water partition coefficient (Wildman–Crippen LogP) is 15.9. The highest BCUT2D eigenvalue weighted by Gasteiger charge is 2.18. The van der Waals surface area contributed by atoms with Gasteiger partial charge in [0.15, 0.2) is 0 Å². The van der Waals surface area contributed by atoms with Crippen LogP contribution in [-0.4, -0.2) is 47.4 Å². The Morgan fingerprint density at radius 3 is 1.18 bits per heavy atom. The van der Waals surface area contributed by atoms with Crippen molar-refractivity contribution in [3.05, 3.63) is 24.3 Å². The number of esters is 1. The number of nitrogens with one attached hydrogen (secondary N) is 1. The van der Waals surface area contributed by atoms with Gasteiger partial charge in [0, 0.05) is 12.8 Å². The minimum Gasteiger partial charge on any atom is -0.466 e. The maximum Gasteiger partial charge on any atom is 0.305 e. The molecule has 1 amide bonds. The average Bonchev–Trinajstić information content (AvgIpc) is 3.25. The van der Waals surface area contributed by atoms with E-state index in [0.29, 0.717) is 19.4 Å². The van der Waals surface area contributed by atoms with E-state index in [1.165, 1.54) is 212 Å². The summed E-state index contributed by atoms with van der Waals surface area (Å²) in [4.78, 5) is 24.4. The number of carbonyl (C=O) groups is 2. The molecule has 0 aromatic rings. The topological polar surface area (TPSA) is 95.9 Å². The quantitative estimate of drug-likeness (QED) is 0.0322. The number of hydrogen-bond donors (Lipinski definition) is 3. The summed E-state index contributed by atoms with van der Waals surface area (Å²) >= 11 is 0. The maximum atomic E-state index is 12.4. The molecule has 0 aromatic heterocycles. The zero-order valence-corrected chi connectivity index (χ0v) is 40.2. The van der Waals surface area contributed by atoms with Gasteiger partial charge >= 0.3 is 5.97 Å². The summed E-state index contributed by atoms with van der Waals surface area (Å²) in [5.74, 6) is -0.0786. The van der Waals surface area contributed by atoms with E-state index in [4.69, 9.17) is 4.74 Å². The molecule has 3 N–H and O–H groups in total. The summed E-state index contributed by atoms with van der Waals surface area (Å²) in [6.45, 7) is 4.87. The summed E-state index contributed by atoms with van der Waals surface area (Å²) in [6.07, 6.45) is 58.9. The smallest absolute Gasteiger partial charge is 0.305 e. The van der Waals surface area contributed by atoms with Gasteiger partial charge in [-0.25, -0.2) is 0 Å². The maximum absolute atomic E-state index is 12.4. The van der Waals surface area contributed by atoms with Crippen LogP contribution in [0.25, 0.3) is 0 Å². The van der Waals surface area contributed by atoms with Crippen molar-refractivity contribution in [1.29, 1.82) is 0 Å². The molecule has 60 heavy (non-hydrogen) atoms. The van der Waals surface area contributed by atoms with Crippen LogP contribution in [0.3, 0.4) is 0 Å². The Kier molecular flexibility index (Phi) is 48.6. The number of amides is 1. The molecule has 0 saturated heterocycles. The van der Waals surface area contributed by atoms with Crippen molar-refractivity contribution >= 4 is 11.9 Å². The van der Waals surface area contributed by atoms with Crippen LogP contribution in [0.15, 0.2) is 24.3 Å². The molecule has 2 unspecified atom stereocenters. The molecule has 354 valence electrons. The van der Waals surface area contributed by atoms with Gasteiger partial charge in [-0.2, -0.15) is 0 Å². The summed E-state index contributed by atoms with van der Waals surface area (Å²) in [7, 11) is 0. The van der Waals surface area contributed by atoms with Crippen LogP contribution in [0, 0.1) is 0 Å². The van der Waals surface area contributed by atoms with Crippen molar-refractivity contribution in [2.45, 2.75) is 296 Å². The molecule has 0 radical (unpaired) electrons. The third kappa shape index (κ3) is 45.9. The fourth-order valence-electron chi connectivity index (χ4n) is 8.10. The van der Waals surface area contributed by atoms with E-state index in [9.17, 15) is 19.8 Å². The molecule has 0 saturated carbocycles. The lowest BCUT2D eigenvalue weighted by Gasteiger charge is -2.20. The molecule has 0 aliphatic rings. The Bertz CT molecular complexity index is 935. The monoisotopic (exact) mass is 846 g/mol. The third-order valence-electron chi connectivity index (χ3n) is 12.2. The molecule has 6 heteroatoms. The molecular formula is C54H103NO5. The summed E-state index contributed by atoms with van der Waals surface area (Å²) < 4.78 is 5.46. The van der Waals surface area contributed by atoms with Gasteiger partial charge in [-0.1, -0.05) is 237 Å². The first kappa shape index (κ1) is 58.3. The lowest BCUT2D eigenvalue weighted by atomic mass is 10.0. The number of allylic oxidation sites excluding steroid dienone is 3. The fraction of sp³-hybridized carbons (Fsp3) is 0.889. The standard InChI is InChI=1S/C54H103NO5/c1-3-5-7-9-11-13-15-17-24-28-32-36-40-44-48-54(59)60-49-45-41-37-33-29-25-22-20-18-19-21-23-27-31-35-39-43-47-53(58)55-51(50-56)52(57)46-42-38-34-30-26-16-14-12-10-8-6-4-2/h15,17,42,46,51-52,56-57H,3-14,16,18-41,43-45,47-50H2,1-2H3,(H,55,58)/b17-15-,46-42+. The lowest BCUT2D eigenvalue weighted by Crippen LogP contribution is -2.45. The summed E-state index contributed by atoms with van der Waals surface area (Å²) in [6, 6.07) is -0.630. The Hall–Kier alpha value is -1.66. The molecule has 0 spiro atoms. The van der Waals surface area contributed by atoms with E-state index in [1.807, 2.05) is 6.08 Å². The number of carbonyl (C=O) groups excluding carboxylic acids is 2. The number of aliphatic hydroxyl groups excluding tert-OH is 2. The van der Waals surface area contributed by atoms with Crippen LogP contribution in [0.1, 0.15) is 284 Å². The molecule has 6 nitrogen and oxygen atoms in total. The van der Waals surface area contributed by atoms with E-state index in [-0.39, 0.29) is 18.5 Å². The first-order chi connectivity index (χ1) is 29.5. The second kappa shape index (κ2) is 50.0. The van der Waals surface area contributed by atoms with Gasteiger partial charge in [0.2, 0.25) is 5.91 Å². The van der Waals surface area contributed by atoms with E-state index < -0.39 is 12.1 Å². The second-order valence-corrected chi connectivity index (χ2v) is 18.2. The highest BCUT2D eigenvalue weighted by atomic mass is 16.5. The number of hydrogen-bond acceptors (Lipinski definition) is 5. The number of ether oxygens (including phenoxy) is 1. The number of aliphatic hydroxyl groups is 2. The van der Waals surface area contributed by atoms with Gasteiger partial charge in [-0.15, -0.1) is 0 Å². The van der Waals surface area contributed by atoms with Gasteiger partial charge in [-0.05, 0) is 57.8 Å². The average molecular weight is 846 g/mol. The van der Waals surface area contributed by atoms with Crippen molar-refractivity contribution in [1.82, 2.24) is 5.32 Å². The molecule has 0 heterocycles. The van der Waals surface area contributed by atoms with Crippen LogP contribution in [0.5, 0.6) is 0 Å². The van der Waals surface area contributed by atoms with Crippen molar-refractivity contribution in [2.75, 3.05) is 13.2 Å². The van der Waals surface area contributed by atoms with Crippen molar-refractivity contribution in [3.63, 3.8) is 0 Å². The van der Waals surface area contributed by atoms with Gasteiger partial charge in [-0.3, -0.25) is 9.59 Å². The van der Waals surface area contributed by atoms with Crippen molar-refractivity contribution < 1.29 is 24.5 Å². The third-order valence-corrected chi connectivity index (χ3v) is 12.2. The number of rotatable bonds is 49. The van der Waals surface area contributed by atoms with Gasteiger partial charge in [0.05, 0.1) is 25.4 Å². The summed E-state index contributed by atoms with van der Waals surface area (Å²) in [5.41, 5.74) is 0. The van der Waals surface area contributed by atoms with Crippen LogP contribution < -0.4 is 5.32 Å². The van der Waals surface area contributed by atoms with E-state index in [2.05, 4.69) is 31.3 Å². The molecule has 0 bridgehead atoms. The Balaban J connectivity index is 3.43. The van der Waals surface area contributed by atoms with Crippen LogP contribution in [0.4, 0.5) is 0 Å². The summed E-state index contributed by atoms with van der Waals surface area (Å²) in [5, 5.41) is 23.0. The molecule has 2 atom stereocenters. The van der Waals surface area contributed by atoms with E-state index in [0.717, 1.165) is 44.9 Å². The van der Waals surface area contributed by atoms with Crippen LogP contribution >= 0.6 is 0 Å². The van der Waals surface area contributed by atoms with Gasteiger partial charge < -0.3 is 20.3 Å². The Morgan fingerprint density at radius 1 is 0.450 bits per heavy atom. The molecule has 0 rings (SSSR count). The molecule has 0 aliphatic heterocycles. The minimum atomic E-state index is -0.846. The van der Waals surface area contributed by atoms with Gasteiger partial charge in [0.1, 0.15) is 0 Å². The van der Waals surface area contributed by atoms with Crippen LogP contribution in [-0.2, 0) is 14.3 Å². The SMILES string of the molecule is CCCCCCC/C=C\CCCCCCCC(=O)OCCCCCCCCCCCCCCCCCCCC(=O)NC(CO)C(O)/C=C/CCCCCCCCCCCC. The largest absolute Gasteiger partial charge is 0.466 e. The Labute approximate surface area is 373 Å². The zero-order valence-electron chi connectivity index (χ0n) is 40.2. The zero-order chi connectivity index (χ0) is 43.7. The second-order valence-electron chi connectivity index (χ2n) is 18.2. The fourth-order valence-corrected chi connectivity index (χ4v) is 8.10. The molecule has 0 aromatic carbocycles. The number of unbranched alkanes of at least 4 members (excludes halogenated alkanes) is 36. The molecule has 0 aliphatic carbocycles. The van der Waals surface area contributed by atoms with E-state index in [1.54, 1.807) is 6.08 Å². The lowest BCUT2D eigenvalue weighted by molar-refractivity contribution is -0.143. The molecular weight excluding hydrogens is 743 g/mol. The van der Waals surface area contributed by atoms with E-state index >= 15 is 0 Å². The highest BCUT2D eigenvalue weighted by Crippen LogP contribution is 2.16. The minimum absolute atomic E-state index is 0.00440. The first-order valence-electron chi connectivity index (χ1n) is 26.6. The normalized spacial score (nSPS) is 12.8. The van der Waals surface area contributed by atoms with Gasteiger partial charge in [0.25, 0.3) is 0 Å². The van der Waals surface area contributed by atoms with Crippen molar-refractivity contribution in [3.8, 4) is 0 Å². The first-order valence-corrected chi connectivity index (χ1v) is 26.6.